The van der Waals surface area contributed by atoms with Crippen LogP contribution in [0.25, 0.3) is 27.1 Å². The molecule has 1 heteroatoms. The van der Waals surface area contributed by atoms with Crippen LogP contribution in [-0.2, 0) is 6.42 Å². The Kier molecular flexibility index (Phi) is 3.45. The van der Waals surface area contributed by atoms with Gasteiger partial charge in [0.2, 0.25) is 0 Å². The molecule has 0 aliphatic carbocycles. The summed E-state index contributed by atoms with van der Waals surface area (Å²) in [6, 6.07) is 18.9. The van der Waals surface area contributed by atoms with Crippen LogP contribution in [0.15, 0.2) is 55.1 Å². The number of hydrogen-bond acceptors (Lipinski definition) is 0. The maximum Gasteiger partial charge on any atom is 0.00322 e. The van der Waals surface area contributed by atoms with Gasteiger partial charge in [-0.15, -0.1) is 0 Å². The Bertz CT molecular complexity index is 742. The minimum atomic E-state index is 1.15. The molecule has 0 radical (unpaired) electrons. The van der Waals surface area contributed by atoms with Gasteiger partial charge in [0, 0.05) is 10.2 Å². The normalized spacial score (nSPS) is 11.2. The molecule has 20 heavy (non-hydrogen) atoms. The summed E-state index contributed by atoms with van der Waals surface area (Å²) in [6.07, 6.45) is 1.18. The largest absolute Gasteiger partial charge is 0.0955 e. The number of allylic oxidation sites excluding steroid dienone is 1. The van der Waals surface area contributed by atoms with E-state index in [1.54, 1.807) is 0 Å². The van der Waals surface area contributed by atoms with Crippen molar-refractivity contribution >= 4 is 37.4 Å². The van der Waals surface area contributed by atoms with Crippen molar-refractivity contribution in [3.63, 3.8) is 0 Å². The first-order valence-electron chi connectivity index (χ1n) is 7.32. The Hall–Kier alpha value is -1.86. The summed E-state index contributed by atoms with van der Waals surface area (Å²) in [5, 5.41) is 5.51. The number of fused-ring (bicyclic) bond motifs is 2. The van der Waals surface area contributed by atoms with Gasteiger partial charge < -0.3 is 0 Å². The van der Waals surface area contributed by atoms with Gasteiger partial charge in [-0.05, 0) is 51.6 Å². The maximum absolute atomic E-state index is 4.21. The van der Waals surface area contributed by atoms with E-state index < -0.39 is 0 Å². The van der Waals surface area contributed by atoms with Crippen LogP contribution in [-0.4, -0.2) is 10.2 Å². The molecule has 0 nitrogen and oxygen atoms in total. The van der Waals surface area contributed by atoms with E-state index in [2.05, 4.69) is 62.0 Å². The van der Waals surface area contributed by atoms with Crippen molar-refractivity contribution in [2.45, 2.75) is 19.4 Å². The van der Waals surface area contributed by atoms with Crippen LogP contribution in [0.4, 0.5) is 0 Å². The molecule has 3 rings (SSSR count). The van der Waals surface area contributed by atoms with Crippen LogP contribution in [0, 0.1) is 0 Å². The minimum Gasteiger partial charge on any atom is -0.0955 e. The molecule has 0 aromatic heterocycles. The maximum atomic E-state index is 4.21. The predicted octanol–water partition coefficient (Wildman–Crippen LogP) is 4.35. The van der Waals surface area contributed by atoms with E-state index in [0.29, 0.717) is 0 Å². The molecular weight excluding hydrogens is 256 g/mol. The van der Waals surface area contributed by atoms with Crippen LogP contribution >= 0.6 is 0 Å². The highest BCUT2D eigenvalue weighted by Crippen LogP contribution is 2.36. The van der Waals surface area contributed by atoms with Crippen LogP contribution < -0.4 is 0 Å². The fourth-order valence-electron chi connectivity index (χ4n) is 3.20. The number of benzene rings is 3. The Morgan fingerprint density at radius 1 is 0.900 bits per heavy atom. The summed E-state index contributed by atoms with van der Waals surface area (Å²) < 4.78 is 0. The first kappa shape index (κ1) is 13.1. The average molecular weight is 276 g/mol. The highest BCUT2D eigenvalue weighted by molar-refractivity contribution is 6.12. The number of hydrogen-bond donors (Lipinski definition) is 0. The molecule has 0 spiro atoms. The first-order valence-corrected chi connectivity index (χ1v) is 8.73. The zero-order chi connectivity index (χ0) is 14.1. The zero-order valence-corrected chi connectivity index (χ0v) is 14.2. The molecule has 3 aromatic rings. The van der Waals surface area contributed by atoms with E-state index in [1.165, 1.54) is 55.4 Å². The third-order valence-electron chi connectivity index (χ3n) is 3.97. The monoisotopic (exact) mass is 276 g/mol. The highest BCUT2D eigenvalue weighted by atomic mass is 28.1. The quantitative estimate of drug-likeness (QED) is 0.493. The molecule has 3 aromatic carbocycles. The summed E-state index contributed by atoms with van der Waals surface area (Å²) in [4.78, 5) is 0. The summed E-state index contributed by atoms with van der Waals surface area (Å²) in [7, 11) is 1.25. The number of aryl methyl sites for hydroxylation is 1. The molecule has 0 amide bonds. The average Bonchev–Trinajstić information content (AvgIpc) is 2.47. The lowest BCUT2D eigenvalue weighted by Gasteiger charge is -2.16. The van der Waals surface area contributed by atoms with E-state index in [1.807, 2.05) is 0 Å². The predicted molar refractivity (Wildman–Crippen MR) is 94.6 cm³/mol. The molecule has 0 aliphatic rings. The second kappa shape index (κ2) is 5.26. The smallest absolute Gasteiger partial charge is 0.00322 e. The van der Waals surface area contributed by atoms with E-state index in [0.717, 1.165) is 5.57 Å². The van der Waals surface area contributed by atoms with Gasteiger partial charge in [-0.1, -0.05) is 61.2 Å². The molecule has 0 saturated carbocycles. The fourth-order valence-corrected chi connectivity index (χ4v) is 3.70. The minimum absolute atomic E-state index is 1.15. The molecule has 0 aliphatic heterocycles. The van der Waals surface area contributed by atoms with Gasteiger partial charge in [0.1, 0.15) is 0 Å². The fraction of sp³-hybridized carbons (Fsp3) is 0.158. The topological polar surface area (TPSA) is 0 Å². The zero-order valence-electron chi connectivity index (χ0n) is 12.2. The van der Waals surface area contributed by atoms with Gasteiger partial charge in [0.15, 0.2) is 0 Å². The second-order valence-electron chi connectivity index (χ2n) is 5.48. The Balaban J connectivity index is 2.58. The van der Waals surface area contributed by atoms with Crippen molar-refractivity contribution in [2.24, 2.45) is 0 Å². The van der Waals surface area contributed by atoms with E-state index in [9.17, 15) is 0 Å². The Labute approximate surface area is 123 Å². The summed E-state index contributed by atoms with van der Waals surface area (Å²) in [5.41, 5.74) is 3.97. The van der Waals surface area contributed by atoms with E-state index in [-0.39, 0.29) is 0 Å². The lowest BCUT2D eigenvalue weighted by Crippen LogP contribution is -1.94. The van der Waals surface area contributed by atoms with Gasteiger partial charge >= 0.3 is 0 Å². The first-order chi connectivity index (χ1) is 9.74. The van der Waals surface area contributed by atoms with Gasteiger partial charge in [0.25, 0.3) is 0 Å². The van der Waals surface area contributed by atoms with Gasteiger partial charge in [-0.25, -0.2) is 0 Å². The molecule has 0 heterocycles. The van der Waals surface area contributed by atoms with Crippen molar-refractivity contribution in [2.75, 3.05) is 0 Å². The van der Waals surface area contributed by atoms with Crippen LogP contribution in [0.1, 0.15) is 18.1 Å². The van der Waals surface area contributed by atoms with Crippen molar-refractivity contribution in [1.82, 2.24) is 0 Å². The molecule has 0 N–H and O–H groups in total. The molecule has 0 unspecified atom stereocenters. The molecule has 0 saturated heterocycles. The van der Waals surface area contributed by atoms with Gasteiger partial charge in [-0.2, -0.15) is 0 Å². The Morgan fingerprint density at radius 2 is 1.35 bits per heavy atom. The van der Waals surface area contributed by atoms with Gasteiger partial charge in [0.05, 0.1) is 0 Å². The Morgan fingerprint density at radius 3 is 1.75 bits per heavy atom. The summed E-state index contributed by atoms with van der Waals surface area (Å²) in [5.74, 6) is 0. The molecule has 100 valence electrons. The van der Waals surface area contributed by atoms with E-state index >= 15 is 0 Å². The highest BCUT2D eigenvalue weighted by Gasteiger charge is 2.12. The third kappa shape index (κ3) is 1.99. The van der Waals surface area contributed by atoms with Gasteiger partial charge in [-0.3, -0.25) is 0 Å². The molecular formula is C19H20Si. The van der Waals surface area contributed by atoms with Crippen molar-refractivity contribution < 1.29 is 0 Å². The van der Waals surface area contributed by atoms with Crippen molar-refractivity contribution in [3.05, 3.63) is 66.2 Å². The van der Waals surface area contributed by atoms with Crippen LogP contribution in [0.2, 0.25) is 6.04 Å². The summed E-state index contributed by atoms with van der Waals surface area (Å²) in [6.45, 7) is 6.32. The standard InChI is InChI=1S/C19H20Si/c1-13(2)19-17-9-5-3-7-14(17)16(11-12-20)15-8-4-6-10-18(15)19/h3-10H,1,11-12H2,2,20H3. The molecule has 0 bridgehead atoms. The van der Waals surface area contributed by atoms with Crippen molar-refractivity contribution in [3.8, 4) is 0 Å². The van der Waals surface area contributed by atoms with Crippen molar-refractivity contribution in [1.29, 1.82) is 0 Å². The molecule has 0 atom stereocenters. The van der Waals surface area contributed by atoms with E-state index in [4.69, 9.17) is 0 Å². The lowest BCUT2D eigenvalue weighted by atomic mass is 9.88. The lowest BCUT2D eigenvalue weighted by molar-refractivity contribution is 1.17. The number of rotatable bonds is 3. The second-order valence-corrected chi connectivity index (χ2v) is 6.48. The summed E-state index contributed by atoms with van der Waals surface area (Å²) >= 11 is 0. The third-order valence-corrected chi connectivity index (χ3v) is 4.47. The van der Waals surface area contributed by atoms with Crippen LogP contribution in [0.3, 0.4) is 0 Å². The molecule has 0 fully saturated rings. The van der Waals surface area contributed by atoms with Crippen LogP contribution in [0.5, 0.6) is 0 Å². The SMILES string of the molecule is C=C(C)c1c2ccccc2c(CC[SiH3])c2ccccc12.